The number of nitro groups is 1. The fourth-order valence-corrected chi connectivity index (χ4v) is 4.82. The summed E-state index contributed by atoms with van der Waals surface area (Å²) in [6.07, 6.45) is 0.661. The molecule has 1 atom stereocenters. The third-order valence-electron chi connectivity index (χ3n) is 5.23. The molecule has 1 aliphatic heterocycles. The molecule has 0 radical (unpaired) electrons. The molecule has 1 aromatic heterocycles. The van der Waals surface area contributed by atoms with Crippen LogP contribution in [-0.2, 0) is 17.8 Å². The van der Waals surface area contributed by atoms with Crippen LogP contribution >= 0.6 is 34.5 Å². The highest BCUT2D eigenvalue weighted by atomic mass is 35.5. The second-order valence-electron chi connectivity index (χ2n) is 6.96. The molecule has 0 spiro atoms. The highest BCUT2D eigenvalue weighted by molar-refractivity contribution is 7.14. The predicted molar refractivity (Wildman–Crippen MR) is 116 cm³/mol. The second-order valence-corrected chi connectivity index (χ2v) is 8.61. The van der Waals surface area contributed by atoms with E-state index in [0.717, 1.165) is 11.1 Å². The number of nitro benzene ring substituents is 1. The van der Waals surface area contributed by atoms with Crippen molar-refractivity contribution in [3.05, 3.63) is 73.1 Å². The summed E-state index contributed by atoms with van der Waals surface area (Å²) in [5.41, 5.74) is 1.20. The Morgan fingerprint density at radius 1 is 1.30 bits per heavy atom. The van der Waals surface area contributed by atoms with Crippen molar-refractivity contribution in [3.63, 3.8) is 0 Å². The molecule has 2 heterocycles. The van der Waals surface area contributed by atoms with Crippen LogP contribution in [0.1, 0.15) is 11.1 Å². The van der Waals surface area contributed by atoms with Crippen LogP contribution in [0, 0.1) is 10.1 Å². The van der Waals surface area contributed by atoms with Gasteiger partial charge in [0.15, 0.2) is 5.13 Å². The van der Waals surface area contributed by atoms with Crippen LogP contribution in [0.15, 0.2) is 41.8 Å². The maximum Gasteiger partial charge on any atom is 0.273 e. The van der Waals surface area contributed by atoms with Crippen molar-refractivity contribution in [1.29, 1.82) is 0 Å². The van der Waals surface area contributed by atoms with Crippen molar-refractivity contribution >= 4 is 51.6 Å². The number of hydrogen-bond acceptors (Lipinski definition) is 7. The lowest BCUT2D eigenvalue weighted by Gasteiger charge is -2.42. The van der Waals surface area contributed by atoms with Gasteiger partial charge in [-0.3, -0.25) is 10.1 Å². The van der Waals surface area contributed by atoms with Gasteiger partial charge in [-0.25, -0.2) is 4.98 Å². The van der Waals surface area contributed by atoms with Gasteiger partial charge >= 0.3 is 0 Å². The van der Waals surface area contributed by atoms with Gasteiger partial charge < -0.3 is 14.8 Å². The molecular weight excluding hydrogens is 449 g/mol. The number of aromatic nitrogens is 1. The van der Waals surface area contributed by atoms with Crippen LogP contribution in [0.25, 0.3) is 11.3 Å². The Morgan fingerprint density at radius 2 is 2.10 bits per heavy atom. The monoisotopic (exact) mass is 463 g/mol. The lowest BCUT2D eigenvalue weighted by molar-refractivity contribution is -0.385. The summed E-state index contributed by atoms with van der Waals surface area (Å²) in [5.74, 6) is 0. The van der Waals surface area contributed by atoms with Gasteiger partial charge in [0.05, 0.1) is 27.3 Å². The predicted octanol–water partition coefficient (Wildman–Crippen LogP) is 4.52. The molecule has 154 valence electrons. The Hall–Kier alpha value is -2.52. The number of halogens is 2. The number of anilines is 1. The Bertz CT molecular complexity index is 1150. The van der Waals surface area contributed by atoms with E-state index >= 15 is 0 Å². The lowest BCUT2D eigenvalue weighted by Crippen LogP contribution is -2.57. The van der Waals surface area contributed by atoms with E-state index in [0.29, 0.717) is 32.7 Å². The van der Waals surface area contributed by atoms with Crippen molar-refractivity contribution in [2.45, 2.75) is 18.5 Å². The van der Waals surface area contributed by atoms with Gasteiger partial charge in [-0.1, -0.05) is 41.4 Å². The zero-order chi connectivity index (χ0) is 21.5. The number of benzene rings is 2. The molecule has 0 fully saturated rings. The van der Waals surface area contributed by atoms with Crippen LogP contribution in [0.3, 0.4) is 0 Å². The summed E-state index contributed by atoms with van der Waals surface area (Å²) in [5, 5.41) is 24.7. The van der Waals surface area contributed by atoms with Crippen molar-refractivity contribution in [1.82, 2.24) is 4.98 Å². The number of carbonyl (C=O) groups excluding carboxylic acids is 1. The van der Waals surface area contributed by atoms with E-state index in [9.17, 15) is 20.0 Å². The summed E-state index contributed by atoms with van der Waals surface area (Å²) in [6, 6.07) is 9.99. The fraction of sp³-hybridized carbons (Fsp3) is 0.200. The molecule has 0 saturated heterocycles. The molecule has 1 aliphatic rings. The molecule has 2 aromatic carbocycles. The molecule has 7 nitrogen and oxygen atoms in total. The molecule has 0 aliphatic carbocycles. The van der Waals surface area contributed by atoms with Gasteiger partial charge in [-0.05, 0) is 17.7 Å². The Balaban J connectivity index is 1.77. The van der Waals surface area contributed by atoms with Gasteiger partial charge in [0, 0.05) is 35.5 Å². The molecule has 1 N–H and O–H groups in total. The maximum absolute atomic E-state index is 12.1. The van der Waals surface area contributed by atoms with Crippen LogP contribution < -0.4 is 4.90 Å². The normalized spacial score (nSPS) is 18.2. The van der Waals surface area contributed by atoms with E-state index in [1.54, 1.807) is 35.2 Å². The minimum absolute atomic E-state index is 0.0151. The topological polar surface area (TPSA) is 96.6 Å². The zero-order valence-electron chi connectivity index (χ0n) is 15.4. The Morgan fingerprint density at radius 3 is 2.77 bits per heavy atom. The first-order valence-electron chi connectivity index (χ1n) is 8.89. The smallest absolute Gasteiger partial charge is 0.273 e. The molecule has 10 heteroatoms. The molecule has 1 unspecified atom stereocenters. The zero-order valence-corrected chi connectivity index (χ0v) is 17.7. The van der Waals surface area contributed by atoms with Gasteiger partial charge in [-0.2, -0.15) is 0 Å². The first-order chi connectivity index (χ1) is 14.4. The minimum Gasteiger partial charge on any atom is -0.393 e. The largest absolute Gasteiger partial charge is 0.393 e. The Labute approximate surface area is 185 Å². The molecule has 0 amide bonds. The SMILES string of the molecule is O=CC1(CO)Cc2c(cccc2[N+](=O)[O-])CN1c1nc(-c2ccc(Cl)c(Cl)c2)cs1. The number of carbonyl (C=O) groups is 1. The standard InChI is InChI=1S/C20H15Cl2N3O4S/c21-15-5-4-12(6-16(15)22)17-9-30-19(23-17)24-8-13-2-1-3-18(25(28)29)14(13)7-20(24,10-26)11-27/h1-6,9-10,27H,7-8,11H2. The molecule has 30 heavy (non-hydrogen) atoms. The van der Waals surface area contributed by atoms with Crippen molar-refractivity contribution in [2.75, 3.05) is 11.5 Å². The van der Waals surface area contributed by atoms with Crippen LogP contribution in [-0.4, -0.2) is 33.4 Å². The molecule has 0 saturated carbocycles. The van der Waals surface area contributed by atoms with Crippen molar-refractivity contribution in [3.8, 4) is 11.3 Å². The number of aliphatic hydroxyl groups is 1. The maximum atomic E-state index is 12.1. The molecule has 3 aromatic rings. The van der Waals surface area contributed by atoms with Crippen LogP contribution in [0.4, 0.5) is 10.8 Å². The number of thiazole rings is 1. The van der Waals surface area contributed by atoms with Gasteiger partial charge in [-0.15, -0.1) is 11.3 Å². The summed E-state index contributed by atoms with van der Waals surface area (Å²) in [6.45, 7) is -0.283. The number of fused-ring (bicyclic) bond motifs is 1. The second kappa shape index (κ2) is 7.96. The average molecular weight is 464 g/mol. The minimum atomic E-state index is -1.34. The van der Waals surface area contributed by atoms with E-state index in [1.165, 1.54) is 17.4 Å². The average Bonchev–Trinajstić information content (AvgIpc) is 3.24. The summed E-state index contributed by atoms with van der Waals surface area (Å²) < 4.78 is 0. The van der Waals surface area contributed by atoms with Gasteiger partial charge in [0.2, 0.25) is 0 Å². The van der Waals surface area contributed by atoms with E-state index in [2.05, 4.69) is 4.98 Å². The van der Waals surface area contributed by atoms with E-state index in [-0.39, 0.29) is 18.7 Å². The van der Waals surface area contributed by atoms with Crippen molar-refractivity contribution in [2.24, 2.45) is 0 Å². The fourth-order valence-electron chi connectivity index (χ4n) is 3.59. The number of aliphatic hydroxyl groups excluding tert-OH is 1. The summed E-state index contributed by atoms with van der Waals surface area (Å²) in [4.78, 5) is 29.4. The van der Waals surface area contributed by atoms with Crippen LogP contribution in [0.5, 0.6) is 0 Å². The van der Waals surface area contributed by atoms with E-state index in [4.69, 9.17) is 23.2 Å². The highest BCUT2D eigenvalue weighted by Crippen LogP contribution is 2.40. The first kappa shape index (κ1) is 20.7. The number of aldehydes is 1. The van der Waals surface area contributed by atoms with Gasteiger partial charge in [0.1, 0.15) is 11.8 Å². The number of nitrogens with zero attached hydrogens (tertiary/aromatic N) is 3. The number of rotatable bonds is 5. The molecule has 0 bridgehead atoms. The van der Waals surface area contributed by atoms with Crippen molar-refractivity contribution < 1.29 is 14.8 Å². The third-order valence-corrected chi connectivity index (χ3v) is 6.83. The summed E-state index contributed by atoms with van der Waals surface area (Å²) in [7, 11) is 0. The van der Waals surface area contributed by atoms with E-state index < -0.39 is 17.1 Å². The van der Waals surface area contributed by atoms with Crippen LogP contribution in [0.2, 0.25) is 10.0 Å². The lowest BCUT2D eigenvalue weighted by atomic mass is 9.83. The van der Waals surface area contributed by atoms with Gasteiger partial charge in [0.25, 0.3) is 5.69 Å². The van der Waals surface area contributed by atoms with E-state index in [1.807, 2.05) is 5.38 Å². The molecule has 4 rings (SSSR count). The third kappa shape index (κ3) is 3.45. The summed E-state index contributed by atoms with van der Waals surface area (Å²) >= 11 is 13.4. The quantitative estimate of drug-likeness (QED) is 0.339. The number of hydrogen-bond donors (Lipinski definition) is 1. The molecular formula is C20H15Cl2N3O4S. The first-order valence-corrected chi connectivity index (χ1v) is 10.5. The Kier molecular flexibility index (Phi) is 5.50. The highest BCUT2D eigenvalue weighted by Gasteiger charge is 2.44.